The summed E-state index contributed by atoms with van der Waals surface area (Å²) < 4.78 is 48.2. The molecule has 0 aliphatic rings. The SMILES string of the molecule is CCOC(=O)c1ccc(S(=O)(=O)NCc2cc(OC)c(OC)c(OC)c2)cc1. The fraction of sp³-hybridized carbons (Fsp3) is 0.316. The number of methoxy groups -OCH3 is 3. The predicted octanol–water partition coefficient (Wildman–Crippen LogP) is 2.37. The van der Waals surface area contributed by atoms with Crippen LogP contribution in [0.4, 0.5) is 0 Å². The Morgan fingerprint density at radius 1 is 0.964 bits per heavy atom. The minimum Gasteiger partial charge on any atom is -0.493 e. The van der Waals surface area contributed by atoms with E-state index >= 15 is 0 Å². The summed E-state index contributed by atoms with van der Waals surface area (Å²) in [5, 5.41) is 0. The van der Waals surface area contributed by atoms with Crippen molar-refractivity contribution in [2.24, 2.45) is 0 Å². The zero-order chi connectivity index (χ0) is 20.7. The molecule has 9 heteroatoms. The molecule has 0 heterocycles. The Labute approximate surface area is 164 Å². The average Bonchev–Trinajstić information content (AvgIpc) is 2.71. The van der Waals surface area contributed by atoms with Crippen molar-refractivity contribution in [3.8, 4) is 17.2 Å². The van der Waals surface area contributed by atoms with Gasteiger partial charge < -0.3 is 18.9 Å². The highest BCUT2D eigenvalue weighted by molar-refractivity contribution is 7.89. The van der Waals surface area contributed by atoms with Crippen LogP contribution in [-0.2, 0) is 21.3 Å². The van der Waals surface area contributed by atoms with Gasteiger partial charge in [-0.2, -0.15) is 0 Å². The van der Waals surface area contributed by atoms with Gasteiger partial charge in [-0.25, -0.2) is 17.9 Å². The molecular formula is C19H23NO7S. The second-order valence-electron chi connectivity index (χ2n) is 5.60. The first kappa shape index (κ1) is 21.5. The molecule has 0 saturated heterocycles. The minimum atomic E-state index is -3.78. The van der Waals surface area contributed by atoms with Crippen molar-refractivity contribution in [2.45, 2.75) is 18.4 Å². The van der Waals surface area contributed by atoms with Gasteiger partial charge in [-0.15, -0.1) is 0 Å². The Morgan fingerprint density at radius 3 is 2.00 bits per heavy atom. The van der Waals surface area contributed by atoms with E-state index in [1.54, 1.807) is 19.1 Å². The molecule has 0 unspecified atom stereocenters. The largest absolute Gasteiger partial charge is 0.493 e. The van der Waals surface area contributed by atoms with Crippen LogP contribution >= 0.6 is 0 Å². The van der Waals surface area contributed by atoms with Crippen LogP contribution in [0.3, 0.4) is 0 Å². The number of sulfonamides is 1. The van der Waals surface area contributed by atoms with E-state index in [1.807, 2.05) is 0 Å². The maximum Gasteiger partial charge on any atom is 0.338 e. The Kier molecular flexibility index (Phi) is 7.24. The number of benzene rings is 2. The van der Waals surface area contributed by atoms with Gasteiger partial charge in [-0.3, -0.25) is 0 Å². The van der Waals surface area contributed by atoms with Gasteiger partial charge in [0.25, 0.3) is 0 Å². The van der Waals surface area contributed by atoms with Gasteiger partial charge in [0.05, 0.1) is 38.4 Å². The second kappa shape index (κ2) is 9.43. The highest BCUT2D eigenvalue weighted by Gasteiger charge is 2.17. The number of hydrogen-bond donors (Lipinski definition) is 1. The van der Waals surface area contributed by atoms with Crippen molar-refractivity contribution >= 4 is 16.0 Å². The molecule has 8 nitrogen and oxygen atoms in total. The Bertz CT molecular complexity index is 899. The first-order chi connectivity index (χ1) is 13.4. The maximum absolute atomic E-state index is 12.5. The Balaban J connectivity index is 2.18. The van der Waals surface area contributed by atoms with E-state index in [4.69, 9.17) is 18.9 Å². The summed E-state index contributed by atoms with van der Waals surface area (Å²) >= 11 is 0. The zero-order valence-corrected chi connectivity index (χ0v) is 17.0. The molecule has 0 atom stereocenters. The van der Waals surface area contributed by atoms with E-state index < -0.39 is 16.0 Å². The molecule has 0 radical (unpaired) electrons. The van der Waals surface area contributed by atoms with Crippen LogP contribution in [0.1, 0.15) is 22.8 Å². The lowest BCUT2D eigenvalue weighted by Gasteiger charge is -2.14. The second-order valence-corrected chi connectivity index (χ2v) is 7.37. The fourth-order valence-corrected chi connectivity index (χ4v) is 3.50. The molecule has 1 N–H and O–H groups in total. The van der Waals surface area contributed by atoms with Gasteiger partial charge in [-0.05, 0) is 48.9 Å². The fourth-order valence-electron chi connectivity index (χ4n) is 2.48. The average molecular weight is 409 g/mol. The molecule has 2 rings (SSSR count). The summed E-state index contributed by atoms with van der Waals surface area (Å²) in [5.74, 6) is 0.771. The van der Waals surface area contributed by atoms with Gasteiger partial charge >= 0.3 is 5.97 Å². The molecule has 0 amide bonds. The third-order valence-electron chi connectivity index (χ3n) is 3.87. The van der Waals surface area contributed by atoms with Gasteiger partial charge in [0, 0.05) is 6.54 Å². The van der Waals surface area contributed by atoms with Crippen LogP contribution in [0, 0.1) is 0 Å². The van der Waals surface area contributed by atoms with E-state index in [0.717, 1.165) is 0 Å². The lowest BCUT2D eigenvalue weighted by Crippen LogP contribution is -2.23. The predicted molar refractivity (Wildman–Crippen MR) is 103 cm³/mol. The third kappa shape index (κ3) is 4.93. The first-order valence-electron chi connectivity index (χ1n) is 8.42. The number of hydrogen-bond acceptors (Lipinski definition) is 7. The summed E-state index contributed by atoms with van der Waals surface area (Å²) in [6, 6.07) is 8.84. The molecule has 0 spiro atoms. The molecule has 2 aromatic carbocycles. The molecule has 152 valence electrons. The number of nitrogens with one attached hydrogen (secondary N) is 1. The van der Waals surface area contributed by atoms with Crippen LogP contribution in [0.2, 0.25) is 0 Å². The molecule has 28 heavy (non-hydrogen) atoms. The van der Waals surface area contributed by atoms with Crippen LogP contribution < -0.4 is 18.9 Å². The molecular weight excluding hydrogens is 386 g/mol. The quantitative estimate of drug-likeness (QED) is 0.635. The molecule has 0 aliphatic heterocycles. The smallest absolute Gasteiger partial charge is 0.338 e. The lowest BCUT2D eigenvalue weighted by atomic mass is 10.2. The van der Waals surface area contributed by atoms with Gasteiger partial charge in [-0.1, -0.05) is 0 Å². The number of ether oxygens (including phenoxy) is 4. The van der Waals surface area contributed by atoms with Crippen LogP contribution in [-0.4, -0.2) is 42.3 Å². The van der Waals surface area contributed by atoms with Gasteiger partial charge in [0.15, 0.2) is 11.5 Å². The van der Waals surface area contributed by atoms with Gasteiger partial charge in [0.2, 0.25) is 15.8 Å². The van der Waals surface area contributed by atoms with Gasteiger partial charge in [0.1, 0.15) is 0 Å². The van der Waals surface area contributed by atoms with Crippen molar-refractivity contribution in [2.75, 3.05) is 27.9 Å². The minimum absolute atomic E-state index is 0.0126. The standard InChI is InChI=1S/C19H23NO7S/c1-5-27-19(21)14-6-8-15(9-7-14)28(22,23)20-12-13-10-16(24-2)18(26-4)17(11-13)25-3/h6-11,20H,5,12H2,1-4H3. The van der Waals surface area contributed by atoms with E-state index in [9.17, 15) is 13.2 Å². The zero-order valence-electron chi connectivity index (χ0n) is 16.1. The summed E-state index contributed by atoms with van der Waals surface area (Å²) in [5.41, 5.74) is 0.909. The highest BCUT2D eigenvalue weighted by Crippen LogP contribution is 2.38. The number of carbonyl (C=O) groups is 1. The molecule has 0 bridgehead atoms. The van der Waals surface area contributed by atoms with Crippen molar-refractivity contribution in [1.82, 2.24) is 4.72 Å². The number of carbonyl (C=O) groups excluding carboxylic acids is 1. The highest BCUT2D eigenvalue weighted by atomic mass is 32.2. The first-order valence-corrected chi connectivity index (χ1v) is 9.90. The van der Waals surface area contributed by atoms with E-state index in [1.165, 1.54) is 45.6 Å². The van der Waals surface area contributed by atoms with E-state index in [0.29, 0.717) is 22.8 Å². The van der Waals surface area contributed by atoms with Crippen molar-refractivity contribution in [1.29, 1.82) is 0 Å². The number of rotatable bonds is 9. The topological polar surface area (TPSA) is 100 Å². The molecule has 0 saturated carbocycles. The summed E-state index contributed by atoms with van der Waals surface area (Å²) in [4.78, 5) is 11.7. The third-order valence-corrected chi connectivity index (χ3v) is 5.28. The van der Waals surface area contributed by atoms with Crippen molar-refractivity contribution < 1.29 is 32.2 Å². The van der Waals surface area contributed by atoms with Crippen LogP contribution in [0.15, 0.2) is 41.3 Å². The maximum atomic E-state index is 12.5. The van der Waals surface area contributed by atoms with Crippen LogP contribution in [0.5, 0.6) is 17.2 Å². The Hall–Kier alpha value is -2.78. The van der Waals surface area contributed by atoms with Crippen LogP contribution in [0.25, 0.3) is 0 Å². The lowest BCUT2D eigenvalue weighted by molar-refractivity contribution is 0.0526. The van der Waals surface area contributed by atoms with E-state index in [2.05, 4.69) is 4.72 Å². The summed E-state index contributed by atoms with van der Waals surface area (Å²) in [7, 11) is 0.671. The van der Waals surface area contributed by atoms with Crippen molar-refractivity contribution in [3.05, 3.63) is 47.5 Å². The molecule has 2 aromatic rings. The van der Waals surface area contributed by atoms with Crippen molar-refractivity contribution in [3.63, 3.8) is 0 Å². The Morgan fingerprint density at radius 2 is 1.54 bits per heavy atom. The van der Waals surface area contributed by atoms with E-state index in [-0.39, 0.29) is 23.6 Å². The molecule has 0 fully saturated rings. The number of esters is 1. The monoisotopic (exact) mass is 409 g/mol. The molecule has 0 aromatic heterocycles. The summed E-state index contributed by atoms with van der Waals surface area (Å²) in [6.45, 7) is 1.96. The normalized spacial score (nSPS) is 11.0. The summed E-state index contributed by atoms with van der Waals surface area (Å²) in [6.07, 6.45) is 0. The molecule has 0 aliphatic carbocycles.